The average Bonchev–Trinajstić information content (AvgIpc) is 2.63. The summed E-state index contributed by atoms with van der Waals surface area (Å²) in [4.78, 5) is 12.5. The van der Waals surface area contributed by atoms with E-state index in [1.807, 2.05) is 0 Å². The Hall–Kier alpha value is -1.44. The molecule has 1 unspecified atom stereocenters. The van der Waals surface area contributed by atoms with E-state index in [4.69, 9.17) is 9.47 Å². The molecular formula is C18H25NO5S. The molecule has 1 N–H and O–H groups in total. The van der Waals surface area contributed by atoms with Crippen LogP contribution in [0, 0.1) is 5.92 Å². The zero-order valence-electron chi connectivity index (χ0n) is 14.3. The van der Waals surface area contributed by atoms with Gasteiger partial charge in [0, 0.05) is 38.5 Å². The number of anilines is 1. The minimum atomic E-state index is -3.40. The van der Waals surface area contributed by atoms with Crippen molar-refractivity contribution in [3.63, 3.8) is 0 Å². The largest absolute Gasteiger partial charge is 0.381 e. The van der Waals surface area contributed by atoms with Gasteiger partial charge in [0.15, 0.2) is 9.84 Å². The lowest BCUT2D eigenvalue weighted by molar-refractivity contribution is -0.118. The quantitative estimate of drug-likeness (QED) is 0.864. The Balaban J connectivity index is 1.65. The Morgan fingerprint density at radius 1 is 1.12 bits per heavy atom. The lowest BCUT2D eigenvalue weighted by atomic mass is 9.98. The molecule has 2 aliphatic rings. The molecule has 7 heteroatoms. The summed E-state index contributed by atoms with van der Waals surface area (Å²) >= 11 is 0. The van der Waals surface area contributed by atoms with E-state index in [0.29, 0.717) is 44.8 Å². The van der Waals surface area contributed by atoms with Gasteiger partial charge in [-0.2, -0.15) is 0 Å². The summed E-state index contributed by atoms with van der Waals surface area (Å²) in [5, 5.41) is 2.41. The van der Waals surface area contributed by atoms with E-state index in [-0.39, 0.29) is 16.7 Å². The number of benzene rings is 1. The van der Waals surface area contributed by atoms with Gasteiger partial charge < -0.3 is 14.8 Å². The van der Waals surface area contributed by atoms with E-state index in [2.05, 4.69) is 5.32 Å². The summed E-state index contributed by atoms with van der Waals surface area (Å²) in [6.07, 6.45) is 3.40. The van der Waals surface area contributed by atoms with Gasteiger partial charge in [-0.25, -0.2) is 8.42 Å². The van der Waals surface area contributed by atoms with Crippen molar-refractivity contribution in [3.05, 3.63) is 24.3 Å². The molecule has 1 aromatic rings. The van der Waals surface area contributed by atoms with Crippen LogP contribution in [0.2, 0.25) is 0 Å². The molecular weight excluding hydrogens is 342 g/mol. The van der Waals surface area contributed by atoms with Gasteiger partial charge in [0.1, 0.15) is 0 Å². The van der Waals surface area contributed by atoms with Gasteiger partial charge in [-0.1, -0.05) is 6.07 Å². The zero-order valence-corrected chi connectivity index (χ0v) is 15.1. The highest BCUT2D eigenvalue weighted by molar-refractivity contribution is 7.92. The fourth-order valence-electron chi connectivity index (χ4n) is 3.37. The number of carbonyl (C=O) groups is 1. The van der Waals surface area contributed by atoms with E-state index in [1.54, 1.807) is 24.3 Å². The minimum Gasteiger partial charge on any atom is -0.381 e. The first kappa shape index (κ1) is 18.4. The van der Waals surface area contributed by atoms with E-state index in [9.17, 15) is 13.2 Å². The maximum Gasteiger partial charge on any atom is 0.224 e. The summed E-state index contributed by atoms with van der Waals surface area (Å²) in [6, 6.07) is 6.54. The predicted molar refractivity (Wildman–Crippen MR) is 94.3 cm³/mol. The predicted octanol–water partition coefficient (Wildman–Crippen LogP) is 2.39. The highest BCUT2D eigenvalue weighted by atomic mass is 32.2. The number of carbonyl (C=O) groups excluding carboxylic acids is 1. The lowest BCUT2D eigenvalue weighted by Crippen LogP contribution is -2.29. The van der Waals surface area contributed by atoms with Gasteiger partial charge in [-0.15, -0.1) is 0 Å². The van der Waals surface area contributed by atoms with Crippen LogP contribution in [0.1, 0.15) is 32.1 Å². The molecule has 2 aliphatic heterocycles. The standard InChI is InChI=1S/C18H25NO5S/c20-18(11-14-3-2-8-24-13-14)19-15-4-1-5-17(12-15)25(21,22)16-6-9-23-10-7-16/h1,4-5,12,14,16H,2-3,6-11,13H2,(H,19,20). The third-order valence-corrected chi connectivity index (χ3v) is 7.04. The fourth-order valence-corrected chi connectivity index (χ4v) is 5.13. The second kappa shape index (κ2) is 8.29. The van der Waals surface area contributed by atoms with Gasteiger partial charge in [0.25, 0.3) is 0 Å². The zero-order chi connectivity index (χ0) is 17.7. The molecule has 0 aromatic heterocycles. The fraction of sp³-hybridized carbons (Fsp3) is 0.611. The van der Waals surface area contributed by atoms with E-state index < -0.39 is 15.1 Å². The number of amides is 1. The highest BCUT2D eigenvalue weighted by Gasteiger charge is 2.29. The van der Waals surface area contributed by atoms with E-state index in [1.165, 1.54) is 0 Å². The Kier molecular flexibility index (Phi) is 6.09. The van der Waals surface area contributed by atoms with Crippen LogP contribution in [0.4, 0.5) is 5.69 Å². The number of hydrogen-bond donors (Lipinski definition) is 1. The number of sulfone groups is 1. The molecule has 0 spiro atoms. The number of rotatable bonds is 5. The topological polar surface area (TPSA) is 81.7 Å². The third-order valence-electron chi connectivity index (χ3n) is 4.78. The molecule has 6 nitrogen and oxygen atoms in total. The minimum absolute atomic E-state index is 0.101. The summed E-state index contributed by atoms with van der Waals surface area (Å²) in [7, 11) is -3.40. The monoisotopic (exact) mass is 367 g/mol. The normalized spacial score (nSPS) is 22.5. The van der Waals surface area contributed by atoms with Gasteiger partial charge in [0.2, 0.25) is 5.91 Å². The Morgan fingerprint density at radius 3 is 2.64 bits per heavy atom. The van der Waals surface area contributed by atoms with Crippen LogP contribution in [0.5, 0.6) is 0 Å². The number of hydrogen-bond acceptors (Lipinski definition) is 5. The molecule has 2 fully saturated rings. The van der Waals surface area contributed by atoms with Crippen molar-refractivity contribution in [1.29, 1.82) is 0 Å². The Morgan fingerprint density at radius 2 is 1.92 bits per heavy atom. The van der Waals surface area contributed by atoms with Crippen LogP contribution in [0.15, 0.2) is 29.2 Å². The van der Waals surface area contributed by atoms with Gasteiger partial charge in [0.05, 0.1) is 10.1 Å². The van der Waals surface area contributed by atoms with Crippen molar-refractivity contribution in [2.45, 2.75) is 42.2 Å². The van der Waals surface area contributed by atoms with Crippen molar-refractivity contribution in [3.8, 4) is 0 Å². The van der Waals surface area contributed by atoms with Crippen LogP contribution < -0.4 is 5.32 Å². The maximum absolute atomic E-state index is 12.8. The van der Waals surface area contributed by atoms with E-state index in [0.717, 1.165) is 19.4 Å². The molecule has 2 saturated heterocycles. The Bertz CT molecular complexity index is 691. The first-order valence-corrected chi connectivity index (χ1v) is 10.4. The summed E-state index contributed by atoms with van der Waals surface area (Å²) in [6.45, 7) is 2.34. The average molecular weight is 367 g/mol. The highest BCUT2D eigenvalue weighted by Crippen LogP contribution is 2.26. The molecule has 0 bridgehead atoms. The molecule has 3 rings (SSSR count). The molecule has 138 valence electrons. The second-order valence-corrected chi connectivity index (χ2v) is 8.95. The van der Waals surface area contributed by atoms with Crippen molar-refractivity contribution in [2.75, 3.05) is 31.7 Å². The molecule has 2 heterocycles. The second-order valence-electron chi connectivity index (χ2n) is 6.72. The summed E-state index contributed by atoms with van der Waals surface area (Å²) in [5.74, 6) is 0.138. The molecule has 0 aliphatic carbocycles. The molecule has 1 atom stereocenters. The van der Waals surface area contributed by atoms with Gasteiger partial charge >= 0.3 is 0 Å². The molecule has 0 saturated carbocycles. The van der Waals surface area contributed by atoms with Crippen LogP contribution in [-0.2, 0) is 24.1 Å². The van der Waals surface area contributed by atoms with Crippen LogP contribution in [0.3, 0.4) is 0 Å². The lowest BCUT2D eigenvalue weighted by Gasteiger charge is -2.23. The number of nitrogens with one attached hydrogen (secondary N) is 1. The Labute approximate surface area is 148 Å². The smallest absolute Gasteiger partial charge is 0.224 e. The SMILES string of the molecule is O=C(CC1CCCOC1)Nc1cccc(S(=O)(=O)C2CCOCC2)c1. The van der Waals surface area contributed by atoms with Gasteiger partial charge in [-0.05, 0) is 49.8 Å². The van der Waals surface area contributed by atoms with Crippen molar-refractivity contribution >= 4 is 21.4 Å². The first-order chi connectivity index (χ1) is 12.1. The van der Waals surface area contributed by atoms with Crippen molar-refractivity contribution in [1.82, 2.24) is 0 Å². The van der Waals surface area contributed by atoms with Crippen molar-refractivity contribution < 1.29 is 22.7 Å². The first-order valence-electron chi connectivity index (χ1n) is 8.85. The summed E-state index contributed by atoms with van der Waals surface area (Å²) < 4.78 is 36.2. The molecule has 0 radical (unpaired) electrons. The van der Waals surface area contributed by atoms with Crippen LogP contribution in [0.25, 0.3) is 0 Å². The van der Waals surface area contributed by atoms with Crippen LogP contribution >= 0.6 is 0 Å². The van der Waals surface area contributed by atoms with Crippen LogP contribution in [-0.4, -0.2) is 46.0 Å². The molecule has 1 aromatic carbocycles. The molecule has 1 amide bonds. The van der Waals surface area contributed by atoms with E-state index >= 15 is 0 Å². The molecule has 25 heavy (non-hydrogen) atoms. The van der Waals surface area contributed by atoms with Crippen molar-refractivity contribution in [2.24, 2.45) is 5.92 Å². The maximum atomic E-state index is 12.8. The third kappa shape index (κ3) is 4.80. The van der Waals surface area contributed by atoms with Gasteiger partial charge in [-0.3, -0.25) is 4.79 Å². The summed E-state index contributed by atoms with van der Waals surface area (Å²) in [5.41, 5.74) is 0.523. The number of ether oxygens (including phenoxy) is 2.